The molecule has 0 fully saturated rings. The third-order valence-corrected chi connectivity index (χ3v) is 4.05. The number of nitrogens with one attached hydrogen (secondary N) is 1. The number of ether oxygens (including phenoxy) is 2. The number of rotatable bonds is 9. The van der Waals surface area contributed by atoms with E-state index in [1.54, 1.807) is 31.2 Å². The average Bonchev–Trinajstić information content (AvgIpc) is 3.06. The molecule has 0 aliphatic rings. The van der Waals surface area contributed by atoms with E-state index in [-0.39, 0.29) is 12.5 Å². The minimum atomic E-state index is -0.147. The molecule has 0 spiro atoms. The van der Waals surface area contributed by atoms with Crippen molar-refractivity contribution in [2.45, 2.75) is 12.7 Å². The number of carbonyl (C=O) groups is 1. The summed E-state index contributed by atoms with van der Waals surface area (Å²) in [7, 11) is 1.58. The Labute approximate surface area is 140 Å². The summed E-state index contributed by atoms with van der Waals surface area (Å²) in [6.07, 6.45) is 1.66. The van der Waals surface area contributed by atoms with E-state index in [4.69, 9.17) is 13.9 Å². The molecule has 23 heavy (non-hydrogen) atoms. The summed E-state index contributed by atoms with van der Waals surface area (Å²) in [5.41, 5.74) is 1.08. The highest BCUT2D eigenvalue weighted by Gasteiger charge is 2.07. The van der Waals surface area contributed by atoms with E-state index >= 15 is 0 Å². The highest BCUT2D eigenvalue weighted by molar-refractivity contribution is 7.98. The lowest BCUT2D eigenvalue weighted by atomic mass is 10.2. The second-order valence-corrected chi connectivity index (χ2v) is 6.03. The summed E-state index contributed by atoms with van der Waals surface area (Å²) in [6, 6.07) is 9.41. The number of methoxy groups -OCH3 is 1. The maximum absolute atomic E-state index is 11.8. The minimum Gasteiger partial charge on any atom is -0.493 e. The number of amides is 1. The van der Waals surface area contributed by atoms with Crippen molar-refractivity contribution in [2.75, 3.05) is 26.0 Å². The summed E-state index contributed by atoms with van der Waals surface area (Å²) >= 11 is 1.71. The van der Waals surface area contributed by atoms with Gasteiger partial charge in [0.25, 0.3) is 5.91 Å². The van der Waals surface area contributed by atoms with E-state index in [2.05, 4.69) is 5.32 Å². The molecular formula is C17H21NO4S. The Kier molecular flexibility index (Phi) is 6.87. The number of benzene rings is 1. The average molecular weight is 335 g/mol. The number of hydrogen-bond acceptors (Lipinski definition) is 5. The van der Waals surface area contributed by atoms with Crippen molar-refractivity contribution in [1.29, 1.82) is 0 Å². The zero-order valence-electron chi connectivity index (χ0n) is 13.3. The van der Waals surface area contributed by atoms with Gasteiger partial charge in [0.05, 0.1) is 19.1 Å². The largest absolute Gasteiger partial charge is 0.493 e. The van der Waals surface area contributed by atoms with Gasteiger partial charge in [0.1, 0.15) is 5.76 Å². The predicted molar refractivity (Wildman–Crippen MR) is 91.1 cm³/mol. The van der Waals surface area contributed by atoms with Gasteiger partial charge in [-0.05, 0) is 36.8 Å². The van der Waals surface area contributed by atoms with E-state index in [1.807, 2.05) is 31.2 Å². The van der Waals surface area contributed by atoms with Crippen LogP contribution in [0, 0.1) is 6.92 Å². The summed E-state index contributed by atoms with van der Waals surface area (Å²) in [5.74, 6) is 3.62. The Morgan fingerprint density at radius 1 is 1.30 bits per heavy atom. The standard InChI is InChI=1S/C17H21NO4S/c1-13-5-6-15(16(10-13)20-2)22-11-17(19)18-7-9-23-12-14-4-3-8-21-14/h3-6,8,10H,7,9,11-12H2,1-2H3,(H,18,19). The number of hydrogen-bond donors (Lipinski definition) is 1. The predicted octanol–water partition coefficient (Wildman–Crippen LogP) is 3.03. The van der Waals surface area contributed by atoms with Gasteiger partial charge in [-0.3, -0.25) is 4.79 Å². The zero-order chi connectivity index (χ0) is 16.5. The van der Waals surface area contributed by atoms with Crippen LogP contribution in [0.2, 0.25) is 0 Å². The number of thioether (sulfide) groups is 1. The van der Waals surface area contributed by atoms with Crippen molar-refractivity contribution >= 4 is 17.7 Å². The van der Waals surface area contributed by atoms with E-state index in [9.17, 15) is 4.79 Å². The van der Waals surface area contributed by atoms with Gasteiger partial charge in [-0.25, -0.2) is 0 Å². The van der Waals surface area contributed by atoms with Crippen LogP contribution in [-0.2, 0) is 10.5 Å². The lowest BCUT2D eigenvalue weighted by molar-refractivity contribution is -0.122. The second-order valence-electron chi connectivity index (χ2n) is 4.92. The lowest BCUT2D eigenvalue weighted by Gasteiger charge is -2.11. The van der Waals surface area contributed by atoms with Gasteiger partial charge in [0, 0.05) is 12.3 Å². The van der Waals surface area contributed by atoms with Gasteiger partial charge in [0.15, 0.2) is 18.1 Å². The molecule has 0 radical (unpaired) electrons. The van der Waals surface area contributed by atoms with Crippen LogP contribution in [0.3, 0.4) is 0 Å². The van der Waals surface area contributed by atoms with Crippen LogP contribution < -0.4 is 14.8 Å². The number of carbonyl (C=O) groups excluding carboxylic acids is 1. The molecule has 0 unspecified atom stereocenters. The van der Waals surface area contributed by atoms with Crippen molar-refractivity contribution < 1.29 is 18.7 Å². The monoisotopic (exact) mass is 335 g/mol. The van der Waals surface area contributed by atoms with Gasteiger partial charge in [-0.2, -0.15) is 11.8 Å². The second kappa shape index (κ2) is 9.15. The molecule has 0 saturated heterocycles. The van der Waals surface area contributed by atoms with E-state index in [1.165, 1.54) is 0 Å². The van der Waals surface area contributed by atoms with E-state index in [0.717, 1.165) is 22.8 Å². The fourth-order valence-electron chi connectivity index (χ4n) is 1.92. The molecule has 2 rings (SSSR count). The fraction of sp³-hybridized carbons (Fsp3) is 0.353. The highest BCUT2D eigenvalue weighted by Crippen LogP contribution is 2.27. The van der Waals surface area contributed by atoms with Crippen LogP contribution >= 0.6 is 11.8 Å². The molecule has 0 saturated carbocycles. The minimum absolute atomic E-state index is 0.0255. The van der Waals surface area contributed by atoms with Crippen LogP contribution in [-0.4, -0.2) is 31.9 Å². The first-order valence-electron chi connectivity index (χ1n) is 7.33. The maximum Gasteiger partial charge on any atom is 0.257 e. The molecule has 5 nitrogen and oxygen atoms in total. The van der Waals surface area contributed by atoms with Crippen molar-refractivity contribution in [3.63, 3.8) is 0 Å². The number of furan rings is 1. The zero-order valence-corrected chi connectivity index (χ0v) is 14.2. The maximum atomic E-state index is 11.8. The van der Waals surface area contributed by atoms with Crippen molar-refractivity contribution in [2.24, 2.45) is 0 Å². The SMILES string of the molecule is COc1cc(C)ccc1OCC(=O)NCCSCc1ccco1. The van der Waals surface area contributed by atoms with Gasteiger partial charge in [-0.1, -0.05) is 6.07 Å². The van der Waals surface area contributed by atoms with Gasteiger partial charge >= 0.3 is 0 Å². The van der Waals surface area contributed by atoms with Gasteiger partial charge < -0.3 is 19.2 Å². The molecule has 2 aromatic rings. The Morgan fingerprint density at radius 3 is 2.91 bits per heavy atom. The smallest absolute Gasteiger partial charge is 0.257 e. The molecule has 124 valence electrons. The third kappa shape index (κ3) is 5.90. The third-order valence-electron chi connectivity index (χ3n) is 3.07. The van der Waals surface area contributed by atoms with E-state index < -0.39 is 0 Å². The molecule has 0 atom stereocenters. The van der Waals surface area contributed by atoms with Crippen LogP contribution in [0.5, 0.6) is 11.5 Å². The van der Waals surface area contributed by atoms with Crippen molar-refractivity contribution in [1.82, 2.24) is 5.32 Å². The molecule has 1 aromatic carbocycles. The van der Waals surface area contributed by atoms with Crippen LogP contribution in [0.4, 0.5) is 0 Å². The molecule has 0 aliphatic carbocycles. The Balaban J connectivity index is 1.63. The Morgan fingerprint density at radius 2 is 2.17 bits per heavy atom. The molecule has 0 aliphatic heterocycles. The van der Waals surface area contributed by atoms with Crippen molar-refractivity contribution in [3.8, 4) is 11.5 Å². The van der Waals surface area contributed by atoms with Crippen molar-refractivity contribution in [3.05, 3.63) is 47.9 Å². The van der Waals surface area contributed by atoms with Gasteiger partial charge in [0.2, 0.25) is 0 Å². The Hall–Kier alpha value is -2.08. The molecule has 1 amide bonds. The van der Waals surface area contributed by atoms with Crippen LogP contribution in [0.15, 0.2) is 41.0 Å². The Bertz CT molecular complexity index is 613. The fourth-order valence-corrected chi connectivity index (χ4v) is 2.67. The summed E-state index contributed by atoms with van der Waals surface area (Å²) < 4.78 is 16.0. The quantitative estimate of drug-likeness (QED) is 0.714. The molecule has 1 N–H and O–H groups in total. The first kappa shape index (κ1) is 17.3. The van der Waals surface area contributed by atoms with Gasteiger partial charge in [-0.15, -0.1) is 0 Å². The molecule has 6 heteroatoms. The first-order chi connectivity index (χ1) is 11.2. The van der Waals surface area contributed by atoms with E-state index in [0.29, 0.717) is 18.0 Å². The van der Waals surface area contributed by atoms with Crippen LogP contribution in [0.25, 0.3) is 0 Å². The molecular weight excluding hydrogens is 314 g/mol. The summed E-state index contributed by atoms with van der Waals surface area (Å²) in [5, 5.41) is 2.83. The highest BCUT2D eigenvalue weighted by atomic mass is 32.2. The topological polar surface area (TPSA) is 60.7 Å². The normalized spacial score (nSPS) is 10.3. The first-order valence-corrected chi connectivity index (χ1v) is 8.49. The molecule has 1 aromatic heterocycles. The lowest BCUT2D eigenvalue weighted by Crippen LogP contribution is -2.30. The molecule has 1 heterocycles. The molecule has 0 bridgehead atoms. The summed E-state index contributed by atoms with van der Waals surface area (Å²) in [6.45, 7) is 2.54. The number of aryl methyl sites for hydroxylation is 1. The van der Waals surface area contributed by atoms with Crippen LogP contribution in [0.1, 0.15) is 11.3 Å². The summed E-state index contributed by atoms with van der Waals surface area (Å²) in [4.78, 5) is 11.8.